The number of nitrogens with two attached hydrogens (primary N) is 2. The summed E-state index contributed by atoms with van der Waals surface area (Å²) in [4.78, 5) is 9.98. The average molecular weight is 353 g/mol. The molecule has 12 heteroatoms. The van der Waals surface area contributed by atoms with E-state index in [1.54, 1.807) is 6.07 Å². The lowest BCUT2D eigenvalue weighted by Crippen LogP contribution is -2.20. The maximum absolute atomic E-state index is 11.5. The van der Waals surface area contributed by atoms with Crippen LogP contribution in [0.2, 0.25) is 5.02 Å². The van der Waals surface area contributed by atoms with Crippen LogP contribution in [0.5, 0.6) is 0 Å². The van der Waals surface area contributed by atoms with Gasteiger partial charge in [0.2, 0.25) is 26.0 Å². The van der Waals surface area contributed by atoms with Gasteiger partial charge in [0, 0.05) is 0 Å². The van der Waals surface area contributed by atoms with Gasteiger partial charge in [-0.3, -0.25) is 4.79 Å². The van der Waals surface area contributed by atoms with Gasteiger partial charge in [-0.15, -0.1) is 0 Å². The number of carbonyl (C=O) groups is 1. The smallest absolute Gasteiger partial charge is 0.240 e. The van der Waals surface area contributed by atoms with Crippen molar-refractivity contribution in [1.82, 2.24) is 0 Å². The molecule has 0 heterocycles. The van der Waals surface area contributed by atoms with Crippen LogP contribution in [-0.2, 0) is 24.8 Å². The van der Waals surface area contributed by atoms with E-state index in [1.165, 1.54) is 0 Å². The van der Waals surface area contributed by atoms with E-state index in [2.05, 4.69) is 5.32 Å². The summed E-state index contributed by atoms with van der Waals surface area (Å²) in [6.07, 6.45) is -0.543. The molecule has 0 saturated heterocycles. The molecule has 1 aromatic rings. The topological polar surface area (TPSA) is 173 Å². The first-order valence-electron chi connectivity index (χ1n) is 5.02. The number of carbonyl (C=O) groups excluding carboxylic acids is 1. The second-order valence-corrected chi connectivity index (χ2v) is 7.22. The van der Waals surface area contributed by atoms with E-state index in [1.807, 2.05) is 0 Å². The fraction of sp³-hybridized carbons (Fsp3) is 0.111. The number of primary sulfonamides is 2. The molecule has 21 heavy (non-hydrogen) atoms. The Labute approximate surface area is 125 Å². The van der Waals surface area contributed by atoms with Crippen LogP contribution in [0.1, 0.15) is 6.42 Å². The zero-order valence-electron chi connectivity index (χ0n) is 10.2. The molecule has 0 spiro atoms. The minimum absolute atomic E-state index is 0.352. The predicted molar refractivity (Wildman–Crippen MR) is 73.1 cm³/mol. The fourth-order valence-electron chi connectivity index (χ4n) is 1.35. The maximum Gasteiger partial charge on any atom is 0.240 e. The molecular weight excluding hydrogens is 344 g/mol. The van der Waals surface area contributed by atoms with Crippen LogP contribution in [0.25, 0.3) is 0 Å². The molecule has 0 fully saturated rings. The van der Waals surface area contributed by atoms with Crippen LogP contribution in [0, 0.1) is 11.3 Å². The van der Waals surface area contributed by atoms with E-state index in [4.69, 9.17) is 27.1 Å². The van der Waals surface area contributed by atoms with Gasteiger partial charge in [-0.2, -0.15) is 5.26 Å². The van der Waals surface area contributed by atoms with Crippen LogP contribution < -0.4 is 15.6 Å². The standard InChI is InChI=1S/C9H9ClN4O5S2/c10-5-3-6(14-9(15)1-2-11)8(21(13,18)19)4-7(5)20(12,16)17/h3-4H,1H2,(H,14,15)(H2,12,16,17)(H2,13,18,19). The second kappa shape index (κ2) is 5.96. The zero-order valence-corrected chi connectivity index (χ0v) is 12.6. The lowest BCUT2D eigenvalue weighted by Gasteiger charge is -2.11. The summed E-state index contributed by atoms with van der Waals surface area (Å²) in [6.45, 7) is 0. The van der Waals surface area contributed by atoms with Crippen molar-refractivity contribution in [2.24, 2.45) is 10.3 Å². The minimum Gasteiger partial charge on any atom is -0.324 e. The van der Waals surface area contributed by atoms with Gasteiger partial charge in [0.1, 0.15) is 16.2 Å². The molecule has 1 aromatic carbocycles. The Hall–Kier alpha value is -1.71. The average Bonchev–Trinajstić information content (AvgIpc) is 2.25. The number of nitriles is 1. The summed E-state index contributed by atoms with van der Waals surface area (Å²) < 4.78 is 45.5. The van der Waals surface area contributed by atoms with E-state index >= 15 is 0 Å². The van der Waals surface area contributed by atoms with Gasteiger partial charge < -0.3 is 5.32 Å². The van der Waals surface area contributed by atoms with E-state index < -0.39 is 47.2 Å². The van der Waals surface area contributed by atoms with Crippen molar-refractivity contribution in [1.29, 1.82) is 5.26 Å². The molecule has 0 radical (unpaired) electrons. The number of anilines is 1. The Kier molecular flexibility index (Phi) is 4.92. The van der Waals surface area contributed by atoms with Gasteiger partial charge in [0.15, 0.2) is 0 Å². The Morgan fingerprint density at radius 1 is 1.19 bits per heavy atom. The molecule has 1 amide bonds. The first-order valence-corrected chi connectivity index (χ1v) is 8.50. The van der Waals surface area contributed by atoms with Crippen LogP contribution >= 0.6 is 11.6 Å². The van der Waals surface area contributed by atoms with Gasteiger partial charge in [-0.25, -0.2) is 27.1 Å². The van der Waals surface area contributed by atoms with E-state index in [0.717, 1.165) is 6.07 Å². The lowest BCUT2D eigenvalue weighted by atomic mass is 10.3. The first kappa shape index (κ1) is 17.3. The van der Waals surface area contributed by atoms with Crippen LogP contribution in [0.15, 0.2) is 21.9 Å². The van der Waals surface area contributed by atoms with Crippen LogP contribution in [0.4, 0.5) is 5.69 Å². The summed E-state index contributed by atoms with van der Waals surface area (Å²) in [5.74, 6) is -0.818. The first-order chi connectivity index (χ1) is 9.46. The maximum atomic E-state index is 11.5. The van der Waals surface area contributed by atoms with Crippen LogP contribution in [-0.4, -0.2) is 22.7 Å². The molecule has 5 N–H and O–H groups in total. The number of rotatable bonds is 4. The SMILES string of the molecule is N#CCC(=O)Nc1cc(Cl)c(S(N)(=O)=O)cc1S(N)(=O)=O. The summed E-state index contributed by atoms with van der Waals surface area (Å²) in [6, 6.07) is 3.06. The third-order valence-electron chi connectivity index (χ3n) is 2.16. The summed E-state index contributed by atoms with van der Waals surface area (Å²) >= 11 is 5.69. The normalized spacial score (nSPS) is 11.7. The molecular formula is C9H9ClN4O5S2. The van der Waals surface area contributed by atoms with E-state index in [-0.39, 0.29) is 5.69 Å². The van der Waals surface area contributed by atoms with Crippen molar-refractivity contribution in [3.63, 3.8) is 0 Å². The third-order valence-corrected chi connectivity index (χ3v) is 4.49. The Bertz CT molecular complexity index is 842. The van der Waals surface area contributed by atoms with Gasteiger partial charge in [-0.05, 0) is 12.1 Å². The molecule has 0 aliphatic heterocycles. The molecule has 0 aliphatic rings. The molecule has 0 bridgehead atoms. The Morgan fingerprint density at radius 2 is 1.71 bits per heavy atom. The molecule has 0 unspecified atom stereocenters. The highest BCUT2D eigenvalue weighted by molar-refractivity contribution is 7.90. The van der Waals surface area contributed by atoms with Crippen molar-refractivity contribution >= 4 is 43.2 Å². The molecule has 0 saturated carbocycles. The summed E-state index contributed by atoms with van der Waals surface area (Å²) in [5, 5.41) is 19.9. The molecule has 1 rings (SSSR count). The molecule has 0 aromatic heterocycles. The molecule has 0 aliphatic carbocycles. The predicted octanol–water partition coefficient (Wildman–Crippen LogP) is -0.513. The summed E-state index contributed by atoms with van der Waals surface area (Å²) in [5.41, 5.74) is -0.352. The number of hydrogen-bond donors (Lipinski definition) is 3. The van der Waals surface area contributed by atoms with Crippen LogP contribution in [0.3, 0.4) is 0 Å². The second-order valence-electron chi connectivity index (χ2n) is 3.75. The highest BCUT2D eigenvalue weighted by atomic mass is 35.5. The Balaban J connectivity index is 3.56. The molecule has 0 atom stereocenters. The Morgan fingerprint density at radius 3 is 2.14 bits per heavy atom. The highest BCUT2D eigenvalue weighted by Gasteiger charge is 2.23. The molecule has 9 nitrogen and oxygen atoms in total. The zero-order chi connectivity index (χ0) is 16.4. The van der Waals surface area contributed by atoms with Crippen molar-refractivity contribution < 1.29 is 21.6 Å². The quantitative estimate of drug-likeness (QED) is 0.657. The van der Waals surface area contributed by atoms with Crippen molar-refractivity contribution in [3.8, 4) is 6.07 Å². The number of amides is 1. The number of halogens is 1. The minimum atomic E-state index is -4.37. The third kappa shape index (κ3) is 4.38. The number of sulfonamides is 2. The van der Waals surface area contributed by atoms with Gasteiger partial charge >= 0.3 is 0 Å². The van der Waals surface area contributed by atoms with Gasteiger partial charge in [0.05, 0.1) is 16.8 Å². The van der Waals surface area contributed by atoms with Crippen molar-refractivity contribution in [2.45, 2.75) is 16.2 Å². The number of benzene rings is 1. The monoisotopic (exact) mass is 352 g/mol. The van der Waals surface area contributed by atoms with Crippen molar-refractivity contribution in [2.75, 3.05) is 5.32 Å². The number of nitrogens with one attached hydrogen (secondary N) is 1. The molecule has 114 valence electrons. The van der Waals surface area contributed by atoms with E-state index in [9.17, 15) is 21.6 Å². The number of hydrogen-bond acceptors (Lipinski definition) is 6. The van der Waals surface area contributed by atoms with Gasteiger partial charge in [-0.1, -0.05) is 11.6 Å². The number of nitrogens with zero attached hydrogens (tertiary/aromatic N) is 1. The largest absolute Gasteiger partial charge is 0.324 e. The lowest BCUT2D eigenvalue weighted by molar-refractivity contribution is -0.115. The summed E-state index contributed by atoms with van der Waals surface area (Å²) in [7, 11) is -8.66. The fourth-order valence-corrected chi connectivity index (χ4v) is 3.22. The van der Waals surface area contributed by atoms with E-state index in [0.29, 0.717) is 6.07 Å². The highest BCUT2D eigenvalue weighted by Crippen LogP contribution is 2.30. The van der Waals surface area contributed by atoms with Crippen molar-refractivity contribution in [3.05, 3.63) is 17.2 Å². The van der Waals surface area contributed by atoms with Gasteiger partial charge in [0.25, 0.3) is 0 Å².